The Balaban J connectivity index is 1.70. The van der Waals surface area contributed by atoms with Gasteiger partial charge in [0.15, 0.2) is 5.11 Å². The minimum atomic E-state index is -0.646. The highest BCUT2D eigenvalue weighted by molar-refractivity contribution is 7.80. The van der Waals surface area contributed by atoms with Crippen LogP contribution in [0.3, 0.4) is 0 Å². The zero-order valence-electron chi connectivity index (χ0n) is 16.5. The van der Waals surface area contributed by atoms with Gasteiger partial charge in [0, 0.05) is 19.3 Å². The van der Waals surface area contributed by atoms with Gasteiger partial charge in [-0.1, -0.05) is 12.1 Å². The lowest BCUT2D eigenvalue weighted by atomic mass is 10.1. The number of ether oxygens (including phenoxy) is 2. The van der Waals surface area contributed by atoms with E-state index in [1.807, 2.05) is 24.3 Å². The first-order valence-electron chi connectivity index (χ1n) is 9.08. The topological polar surface area (TPSA) is 71.1 Å². The third kappa shape index (κ3) is 4.65. The second-order valence-corrected chi connectivity index (χ2v) is 7.02. The van der Waals surface area contributed by atoms with Crippen LogP contribution in [0.5, 0.6) is 11.5 Å². The Morgan fingerprint density at radius 1 is 1.03 bits per heavy atom. The molecule has 8 heteroatoms. The molecular formula is C21H23N3O4S. The number of nitrogens with one attached hydrogen (secondary N) is 1. The number of rotatable bonds is 7. The number of anilines is 1. The first-order valence-corrected chi connectivity index (χ1v) is 9.48. The molecule has 1 fully saturated rings. The van der Waals surface area contributed by atoms with E-state index in [0.29, 0.717) is 23.1 Å². The summed E-state index contributed by atoms with van der Waals surface area (Å²) in [5.74, 6) is 1.01. The van der Waals surface area contributed by atoms with Gasteiger partial charge in [-0.3, -0.25) is 14.5 Å². The largest absolute Gasteiger partial charge is 0.497 e. The molecule has 1 N–H and O–H groups in total. The Labute approximate surface area is 175 Å². The number of methoxy groups -OCH3 is 2. The van der Waals surface area contributed by atoms with Crippen molar-refractivity contribution in [3.8, 4) is 11.5 Å². The van der Waals surface area contributed by atoms with Gasteiger partial charge >= 0.3 is 0 Å². The molecule has 0 aromatic heterocycles. The zero-order valence-corrected chi connectivity index (χ0v) is 17.4. The van der Waals surface area contributed by atoms with E-state index in [9.17, 15) is 9.59 Å². The average Bonchev–Trinajstić information content (AvgIpc) is 2.93. The van der Waals surface area contributed by atoms with E-state index in [4.69, 9.17) is 21.7 Å². The van der Waals surface area contributed by atoms with Gasteiger partial charge in [0.05, 0.1) is 20.6 Å². The van der Waals surface area contributed by atoms with Crippen molar-refractivity contribution in [3.05, 3.63) is 54.1 Å². The lowest BCUT2D eigenvalue weighted by Gasteiger charge is -2.23. The molecule has 1 aliphatic rings. The third-order valence-corrected chi connectivity index (χ3v) is 5.30. The van der Waals surface area contributed by atoms with Crippen LogP contribution in [0.1, 0.15) is 12.0 Å². The molecule has 0 aliphatic carbocycles. The molecule has 2 aromatic carbocycles. The number of amides is 2. The number of likely N-dealkylation sites (N-methyl/N-ethyl adjacent to an activating group) is 1. The summed E-state index contributed by atoms with van der Waals surface area (Å²) in [5, 5.41) is 3.23. The average molecular weight is 413 g/mol. The molecule has 0 unspecified atom stereocenters. The van der Waals surface area contributed by atoms with Crippen molar-refractivity contribution < 1.29 is 19.1 Å². The summed E-state index contributed by atoms with van der Waals surface area (Å²) in [4.78, 5) is 28.4. The summed E-state index contributed by atoms with van der Waals surface area (Å²) in [5.41, 5.74) is 1.61. The summed E-state index contributed by atoms with van der Waals surface area (Å²) in [6.45, 7) is 0.430. The van der Waals surface area contributed by atoms with Gasteiger partial charge in [0.25, 0.3) is 5.91 Å². The Hall–Kier alpha value is -3.13. The molecule has 3 rings (SSSR count). The minimum Gasteiger partial charge on any atom is -0.497 e. The molecule has 2 aromatic rings. The number of carbonyl (C=O) groups is 2. The SMILES string of the molecule is COc1ccc(CN2C(=S)N(C)C(=O)[C@@H]2CC(=O)Nc2ccc(OC)cc2)cc1. The molecule has 29 heavy (non-hydrogen) atoms. The quantitative estimate of drug-likeness (QED) is 0.704. The zero-order chi connectivity index (χ0) is 21.0. The molecule has 7 nitrogen and oxygen atoms in total. The van der Waals surface area contributed by atoms with Crippen molar-refractivity contribution in [3.63, 3.8) is 0 Å². The maximum absolute atomic E-state index is 12.7. The summed E-state index contributed by atoms with van der Waals surface area (Å²) >= 11 is 5.44. The van der Waals surface area contributed by atoms with Crippen LogP contribution in [0.2, 0.25) is 0 Å². The van der Waals surface area contributed by atoms with E-state index in [0.717, 1.165) is 11.3 Å². The van der Waals surface area contributed by atoms with E-state index in [1.165, 1.54) is 4.90 Å². The number of hydrogen-bond acceptors (Lipinski definition) is 5. The van der Waals surface area contributed by atoms with Gasteiger partial charge in [-0.05, 0) is 54.2 Å². The van der Waals surface area contributed by atoms with Crippen LogP contribution >= 0.6 is 12.2 Å². The predicted molar refractivity (Wildman–Crippen MR) is 114 cm³/mol. The van der Waals surface area contributed by atoms with Crippen LogP contribution in [0.25, 0.3) is 0 Å². The van der Waals surface area contributed by atoms with Crippen LogP contribution < -0.4 is 14.8 Å². The fourth-order valence-corrected chi connectivity index (χ4v) is 3.42. The second-order valence-electron chi connectivity index (χ2n) is 6.65. The Morgan fingerprint density at radius 3 is 2.14 bits per heavy atom. The molecule has 1 atom stereocenters. The first-order chi connectivity index (χ1) is 13.9. The van der Waals surface area contributed by atoms with Crippen molar-refractivity contribution in [2.24, 2.45) is 0 Å². The smallest absolute Gasteiger partial charge is 0.251 e. The van der Waals surface area contributed by atoms with Crippen molar-refractivity contribution in [2.75, 3.05) is 26.6 Å². The molecule has 1 heterocycles. The van der Waals surface area contributed by atoms with Gasteiger partial charge in [-0.15, -0.1) is 0 Å². The highest BCUT2D eigenvalue weighted by Crippen LogP contribution is 2.24. The molecule has 152 valence electrons. The Kier molecular flexibility index (Phi) is 6.33. The van der Waals surface area contributed by atoms with E-state index in [2.05, 4.69) is 5.32 Å². The van der Waals surface area contributed by atoms with E-state index in [1.54, 1.807) is 50.4 Å². The summed E-state index contributed by atoms with van der Waals surface area (Å²) < 4.78 is 10.3. The summed E-state index contributed by atoms with van der Waals surface area (Å²) in [7, 11) is 4.82. The van der Waals surface area contributed by atoms with Gasteiger partial charge in [-0.25, -0.2) is 0 Å². The second kappa shape index (κ2) is 8.91. The molecule has 2 amide bonds. The van der Waals surface area contributed by atoms with Gasteiger partial charge in [0.1, 0.15) is 17.5 Å². The molecular weight excluding hydrogens is 390 g/mol. The van der Waals surface area contributed by atoms with Crippen molar-refractivity contribution in [1.82, 2.24) is 9.80 Å². The maximum Gasteiger partial charge on any atom is 0.251 e. The normalized spacial score (nSPS) is 16.2. The van der Waals surface area contributed by atoms with Crippen LogP contribution in [0.4, 0.5) is 5.69 Å². The fraction of sp³-hybridized carbons (Fsp3) is 0.286. The number of benzene rings is 2. The monoisotopic (exact) mass is 413 g/mol. The lowest BCUT2D eigenvalue weighted by Crippen LogP contribution is -2.37. The number of nitrogens with zero attached hydrogens (tertiary/aromatic N) is 2. The predicted octanol–water partition coefficient (Wildman–Crippen LogP) is 2.66. The van der Waals surface area contributed by atoms with Crippen LogP contribution in [-0.4, -0.2) is 54.0 Å². The number of carbonyl (C=O) groups excluding carboxylic acids is 2. The Morgan fingerprint density at radius 2 is 1.59 bits per heavy atom. The van der Waals surface area contributed by atoms with E-state index >= 15 is 0 Å². The van der Waals surface area contributed by atoms with Crippen molar-refractivity contribution in [2.45, 2.75) is 19.0 Å². The van der Waals surface area contributed by atoms with Gasteiger partial charge in [-0.2, -0.15) is 0 Å². The standard InChI is InChI=1S/C21H23N3O4S/c1-23-20(26)18(12-19(25)22-15-6-10-17(28-3)11-7-15)24(21(23)29)13-14-4-8-16(27-2)9-5-14/h4-11,18H,12-13H2,1-3H3,(H,22,25)/t18-/m0/s1. The minimum absolute atomic E-state index is 0.00545. The number of hydrogen-bond donors (Lipinski definition) is 1. The van der Waals surface area contributed by atoms with Crippen LogP contribution in [0.15, 0.2) is 48.5 Å². The van der Waals surface area contributed by atoms with E-state index in [-0.39, 0.29) is 18.2 Å². The third-order valence-electron chi connectivity index (χ3n) is 4.79. The Bertz CT molecular complexity index is 899. The molecule has 0 saturated carbocycles. The highest BCUT2D eigenvalue weighted by atomic mass is 32.1. The van der Waals surface area contributed by atoms with Crippen molar-refractivity contribution >= 4 is 34.8 Å². The van der Waals surface area contributed by atoms with E-state index < -0.39 is 6.04 Å². The molecule has 1 saturated heterocycles. The fourth-order valence-electron chi connectivity index (χ4n) is 3.14. The van der Waals surface area contributed by atoms with Gasteiger partial charge < -0.3 is 19.7 Å². The molecule has 0 radical (unpaired) electrons. The van der Waals surface area contributed by atoms with Crippen LogP contribution in [-0.2, 0) is 16.1 Å². The molecule has 0 spiro atoms. The maximum atomic E-state index is 12.7. The van der Waals surface area contributed by atoms with Crippen LogP contribution in [0, 0.1) is 0 Å². The van der Waals surface area contributed by atoms with Crippen molar-refractivity contribution in [1.29, 1.82) is 0 Å². The summed E-state index contributed by atoms with van der Waals surface area (Å²) in [6, 6.07) is 13.9. The number of thiocarbonyl (C=S) groups is 1. The van der Waals surface area contributed by atoms with Gasteiger partial charge in [0.2, 0.25) is 5.91 Å². The highest BCUT2D eigenvalue weighted by Gasteiger charge is 2.41. The summed E-state index contributed by atoms with van der Waals surface area (Å²) in [6.07, 6.45) is 0.00545. The molecule has 0 bridgehead atoms. The lowest BCUT2D eigenvalue weighted by molar-refractivity contribution is -0.130. The first kappa shape index (κ1) is 20.6. The molecule has 1 aliphatic heterocycles.